The maximum absolute atomic E-state index is 12.1. The van der Waals surface area contributed by atoms with Gasteiger partial charge in [-0.2, -0.15) is 0 Å². The number of amides is 1. The maximum Gasteiger partial charge on any atom is 0.222 e. The SMILES string of the molecule is NCCCCCCC(=O)N1CCN(CC2CCOC2)CC1. The van der Waals surface area contributed by atoms with Crippen LogP contribution in [-0.2, 0) is 9.53 Å². The van der Waals surface area contributed by atoms with Crippen LogP contribution in [0.15, 0.2) is 0 Å². The zero-order valence-electron chi connectivity index (χ0n) is 13.3. The van der Waals surface area contributed by atoms with Gasteiger partial charge in [-0.15, -0.1) is 0 Å². The summed E-state index contributed by atoms with van der Waals surface area (Å²) in [6, 6.07) is 0. The smallest absolute Gasteiger partial charge is 0.222 e. The fraction of sp³-hybridized carbons (Fsp3) is 0.938. The summed E-state index contributed by atoms with van der Waals surface area (Å²) in [5.41, 5.74) is 5.47. The minimum absolute atomic E-state index is 0.339. The average Bonchev–Trinajstić information content (AvgIpc) is 3.00. The first-order chi connectivity index (χ1) is 10.3. The quantitative estimate of drug-likeness (QED) is 0.681. The molecule has 1 unspecified atom stereocenters. The second-order valence-electron chi connectivity index (χ2n) is 6.36. The van der Waals surface area contributed by atoms with Gasteiger partial charge in [-0.1, -0.05) is 12.8 Å². The Labute approximate surface area is 128 Å². The molecule has 2 rings (SSSR count). The maximum atomic E-state index is 12.1. The van der Waals surface area contributed by atoms with E-state index in [4.69, 9.17) is 10.5 Å². The van der Waals surface area contributed by atoms with E-state index in [1.165, 1.54) is 6.42 Å². The number of rotatable bonds is 8. The summed E-state index contributed by atoms with van der Waals surface area (Å²) in [5, 5.41) is 0. The molecule has 0 saturated carbocycles. The number of nitrogens with two attached hydrogens (primary N) is 1. The predicted molar refractivity (Wildman–Crippen MR) is 84.1 cm³/mol. The molecule has 2 fully saturated rings. The van der Waals surface area contributed by atoms with Gasteiger partial charge in [-0.05, 0) is 31.7 Å². The van der Waals surface area contributed by atoms with Gasteiger partial charge in [0.2, 0.25) is 5.91 Å². The standard InChI is InChI=1S/C16H31N3O2/c17-7-4-2-1-3-5-16(20)19-10-8-18(9-11-19)13-15-6-12-21-14-15/h15H,1-14,17H2. The molecule has 2 aliphatic heterocycles. The van der Waals surface area contributed by atoms with Crippen LogP contribution in [0.4, 0.5) is 0 Å². The summed E-state index contributed by atoms with van der Waals surface area (Å²) in [6.45, 7) is 7.59. The van der Waals surface area contributed by atoms with E-state index in [-0.39, 0.29) is 0 Å². The van der Waals surface area contributed by atoms with Crippen molar-refractivity contribution in [2.24, 2.45) is 11.7 Å². The van der Waals surface area contributed by atoms with Gasteiger partial charge in [0.25, 0.3) is 0 Å². The van der Waals surface area contributed by atoms with Crippen LogP contribution in [0.3, 0.4) is 0 Å². The molecule has 122 valence electrons. The fourth-order valence-corrected chi connectivity index (χ4v) is 3.20. The van der Waals surface area contributed by atoms with E-state index in [1.54, 1.807) is 0 Å². The molecular weight excluding hydrogens is 266 g/mol. The summed E-state index contributed by atoms with van der Waals surface area (Å²) in [6.07, 6.45) is 6.28. The molecule has 21 heavy (non-hydrogen) atoms. The van der Waals surface area contributed by atoms with Gasteiger partial charge in [0.05, 0.1) is 6.61 Å². The van der Waals surface area contributed by atoms with E-state index in [0.717, 1.165) is 78.2 Å². The van der Waals surface area contributed by atoms with Gasteiger partial charge in [-0.25, -0.2) is 0 Å². The van der Waals surface area contributed by atoms with Crippen molar-refractivity contribution < 1.29 is 9.53 Å². The van der Waals surface area contributed by atoms with E-state index in [1.807, 2.05) is 4.90 Å². The summed E-state index contributed by atoms with van der Waals surface area (Å²) >= 11 is 0. The molecule has 2 aliphatic rings. The van der Waals surface area contributed by atoms with Gasteiger partial charge in [0.1, 0.15) is 0 Å². The van der Waals surface area contributed by atoms with Crippen molar-refractivity contribution in [2.75, 3.05) is 52.5 Å². The highest BCUT2D eigenvalue weighted by atomic mass is 16.5. The van der Waals surface area contributed by atoms with Gasteiger partial charge >= 0.3 is 0 Å². The topological polar surface area (TPSA) is 58.8 Å². The van der Waals surface area contributed by atoms with Crippen molar-refractivity contribution in [3.63, 3.8) is 0 Å². The first-order valence-corrected chi connectivity index (χ1v) is 8.57. The molecule has 1 amide bonds. The molecule has 5 nitrogen and oxygen atoms in total. The van der Waals surface area contributed by atoms with E-state index >= 15 is 0 Å². The highest BCUT2D eigenvalue weighted by Crippen LogP contribution is 2.15. The molecule has 0 aromatic carbocycles. The lowest BCUT2D eigenvalue weighted by Crippen LogP contribution is -2.49. The van der Waals surface area contributed by atoms with Crippen LogP contribution in [-0.4, -0.2) is 68.2 Å². The molecule has 1 atom stereocenters. The normalized spacial score (nSPS) is 23.7. The largest absolute Gasteiger partial charge is 0.381 e. The minimum atomic E-state index is 0.339. The molecule has 0 bridgehead atoms. The van der Waals surface area contributed by atoms with Crippen molar-refractivity contribution in [3.8, 4) is 0 Å². The van der Waals surface area contributed by atoms with Crippen LogP contribution in [0, 0.1) is 5.92 Å². The van der Waals surface area contributed by atoms with Crippen molar-refractivity contribution in [3.05, 3.63) is 0 Å². The highest BCUT2D eigenvalue weighted by molar-refractivity contribution is 5.76. The van der Waals surface area contributed by atoms with E-state index in [0.29, 0.717) is 18.2 Å². The lowest BCUT2D eigenvalue weighted by atomic mass is 10.1. The Morgan fingerprint density at radius 1 is 1.10 bits per heavy atom. The van der Waals surface area contributed by atoms with Crippen LogP contribution < -0.4 is 5.73 Å². The average molecular weight is 297 g/mol. The number of hydrogen-bond acceptors (Lipinski definition) is 4. The highest BCUT2D eigenvalue weighted by Gasteiger charge is 2.24. The van der Waals surface area contributed by atoms with E-state index in [9.17, 15) is 4.79 Å². The van der Waals surface area contributed by atoms with Crippen molar-refractivity contribution in [1.82, 2.24) is 9.80 Å². The summed E-state index contributed by atoms with van der Waals surface area (Å²) in [7, 11) is 0. The Balaban J connectivity index is 1.56. The van der Waals surface area contributed by atoms with Gasteiger partial charge in [0.15, 0.2) is 0 Å². The number of hydrogen-bond donors (Lipinski definition) is 1. The lowest BCUT2D eigenvalue weighted by molar-refractivity contribution is -0.133. The molecule has 2 heterocycles. The molecule has 0 spiro atoms. The molecule has 0 radical (unpaired) electrons. The number of carbonyl (C=O) groups is 1. The Kier molecular flexibility index (Phi) is 7.47. The summed E-state index contributed by atoms with van der Waals surface area (Å²) < 4.78 is 5.43. The molecule has 2 saturated heterocycles. The van der Waals surface area contributed by atoms with Crippen molar-refractivity contribution in [1.29, 1.82) is 0 Å². The number of unbranched alkanes of at least 4 members (excludes halogenated alkanes) is 3. The minimum Gasteiger partial charge on any atom is -0.381 e. The fourth-order valence-electron chi connectivity index (χ4n) is 3.20. The molecule has 0 aromatic rings. The third kappa shape index (κ3) is 5.93. The van der Waals surface area contributed by atoms with Crippen LogP contribution >= 0.6 is 0 Å². The Morgan fingerprint density at radius 2 is 1.86 bits per heavy atom. The Morgan fingerprint density at radius 3 is 2.52 bits per heavy atom. The molecule has 2 N–H and O–H groups in total. The van der Waals surface area contributed by atoms with Gasteiger partial charge in [-0.3, -0.25) is 9.69 Å². The van der Waals surface area contributed by atoms with Crippen LogP contribution in [0.25, 0.3) is 0 Å². The molecule has 0 aromatic heterocycles. The molecular formula is C16H31N3O2. The zero-order valence-corrected chi connectivity index (χ0v) is 13.3. The van der Waals surface area contributed by atoms with Gasteiger partial charge < -0.3 is 15.4 Å². The van der Waals surface area contributed by atoms with E-state index < -0.39 is 0 Å². The first kappa shape index (κ1) is 16.7. The number of nitrogens with zero attached hydrogens (tertiary/aromatic N) is 2. The van der Waals surface area contributed by atoms with Crippen molar-refractivity contribution >= 4 is 5.91 Å². The van der Waals surface area contributed by atoms with Crippen LogP contribution in [0.5, 0.6) is 0 Å². The number of carbonyl (C=O) groups excluding carboxylic acids is 1. The summed E-state index contributed by atoms with van der Waals surface area (Å²) in [4.78, 5) is 16.7. The molecule has 0 aliphatic carbocycles. The van der Waals surface area contributed by atoms with E-state index in [2.05, 4.69) is 4.90 Å². The third-order valence-corrected chi connectivity index (χ3v) is 4.61. The predicted octanol–water partition coefficient (Wildman–Crippen LogP) is 1.08. The van der Waals surface area contributed by atoms with Crippen molar-refractivity contribution in [2.45, 2.75) is 38.5 Å². The van der Waals surface area contributed by atoms with Crippen LogP contribution in [0.2, 0.25) is 0 Å². The van der Waals surface area contributed by atoms with Gasteiger partial charge in [0, 0.05) is 45.8 Å². The lowest BCUT2D eigenvalue weighted by Gasteiger charge is -2.35. The first-order valence-electron chi connectivity index (χ1n) is 8.57. The third-order valence-electron chi connectivity index (χ3n) is 4.61. The summed E-state index contributed by atoms with van der Waals surface area (Å²) in [5.74, 6) is 1.04. The zero-order chi connectivity index (χ0) is 14.9. The second kappa shape index (κ2) is 9.38. The molecule has 5 heteroatoms. The number of ether oxygens (including phenoxy) is 1. The Hall–Kier alpha value is -0.650. The Bertz CT molecular complexity index is 298. The van der Waals surface area contributed by atoms with Crippen LogP contribution in [0.1, 0.15) is 38.5 Å². The monoisotopic (exact) mass is 297 g/mol. The second-order valence-corrected chi connectivity index (χ2v) is 6.36. The number of piperazine rings is 1.